The first kappa shape index (κ1) is 13.3. The fraction of sp³-hybridized carbons (Fsp3) is 1.00. The highest BCUT2D eigenvalue weighted by Crippen LogP contribution is 2.22. The molecule has 0 amide bonds. The van der Waals surface area contributed by atoms with Crippen molar-refractivity contribution in [1.29, 1.82) is 0 Å². The summed E-state index contributed by atoms with van der Waals surface area (Å²) >= 11 is 0. The van der Waals surface area contributed by atoms with Crippen LogP contribution in [-0.2, 0) is 14.8 Å². The third-order valence-electron chi connectivity index (χ3n) is 3.65. The summed E-state index contributed by atoms with van der Waals surface area (Å²) in [5.74, 6) is 0.209. The van der Waals surface area contributed by atoms with Gasteiger partial charge in [-0.1, -0.05) is 0 Å². The van der Waals surface area contributed by atoms with Crippen LogP contribution >= 0.6 is 0 Å². The van der Waals surface area contributed by atoms with E-state index in [0.29, 0.717) is 0 Å². The molecule has 6 heteroatoms. The average molecular weight is 262 g/mol. The fourth-order valence-corrected chi connectivity index (χ4v) is 4.36. The van der Waals surface area contributed by atoms with Gasteiger partial charge in [0.15, 0.2) is 0 Å². The van der Waals surface area contributed by atoms with Crippen molar-refractivity contribution in [1.82, 2.24) is 10.0 Å². The molecular formula is C11H22N2O3S. The number of ether oxygens (including phenoxy) is 1. The van der Waals surface area contributed by atoms with Crippen molar-refractivity contribution >= 4 is 10.0 Å². The third kappa shape index (κ3) is 3.91. The van der Waals surface area contributed by atoms with Crippen molar-refractivity contribution < 1.29 is 13.2 Å². The molecule has 3 atom stereocenters. The van der Waals surface area contributed by atoms with Gasteiger partial charge in [-0.15, -0.1) is 0 Å². The largest absolute Gasteiger partial charge is 0.381 e. The first-order valence-electron chi connectivity index (χ1n) is 6.35. The summed E-state index contributed by atoms with van der Waals surface area (Å²) in [4.78, 5) is 0. The molecule has 0 radical (unpaired) electrons. The van der Waals surface area contributed by atoms with Crippen LogP contribution in [0.2, 0.25) is 0 Å². The summed E-state index contributed by atoms with van der Waals surface area (Å²) in [6.45, 7) is 0.940. The average Bonchev–Trinajstić information content (AvgIpc) is 2.88. The van der Waals surface area contributed by atoms with Gasteiger partial charge in [0.25, 0.3) is 0 Å². The van der Waals surface area contributed by atoms with Crippen molar-refractivity contribution in [3.05, 3.63) is 0 Å². The van der Waals surface area contributed by atoms with Gasteiger partial charge < -0.3 is 10.1 Å². The number of rotatable bonds is 5. The molecule has 1 aliphatic heterocycles. The topological polar surface area (TPSA) is 67.4 Å². The second-order valence-electron chi connectivity index (χ2n) is 5.06. The lowest BCUT2D eigenvalue weighted by molar-refractivity contribution is 0.107. The summed E-state index contributed by atoms with van der Waals surface area (Å²) in [5.41, 5.74) is 0. The molecule has 3 unspecified atom stereocenters. The maximum Gasteiger partial charge on any atom is 0.213 e. The molecule has 2 N–H and O–H groups in total. The molecule has 0 spiro atoms. The number of sulfonamides is 1. The van der Waals surface area contributed by atoms with Gasteiger partial charge in [0.05, 0.1) is 11.9 Å². The van der Waals surface area contributed by atoms with E-state index < -0.39 is 10.0 Å². The standard InChI is InChI=1S/C11H22N2O3S/c1-16-11-5-4-9(7-11)13-17(14,15)8-10-3-2-6-12-10/h9-13H,2-8H2,1H3. The summed E-state index contributed by atoms with van der Waals surface area (Å²) in [7, 11) is -1.46. The Morgan fingerprint density at radius 1 is 1.35 bits per heavy atom. The number of methoxy groups -OCH3 is 1. The number of hydrogen-bond donors (Lipinski definition) is 2. The van der Waals surface area contributed by atoms with Gasteiger partial charge in [-0.25, -0.2) is 13.1 Å². The molecule has 17 heavy (non-hydrogen) atoms. The van der Waals surface area contributed by atoms with E-state index in [4.69, 9.17) is 4.74 Å². The molecule has 2 rings (SSSR count). The van der Waals surface area contributed by atoms with Crippen molar-refractivity contribution in [2.45, 2.75) is 50.3 Å². The van der Waals surface area contributed by atoms with E-state index in [2.05, 4.69) is 10.0 Å². The predicted octanol–water partition coefficient (Wildman–Crippen LogP) is 0.225. The predicted molar refractivity (Wildman–Crippen MR) is 66.4 cm³/mol. The van der Waals surface area contributed by atoms with Gasteiger partial charge >= 0.3 is 0 Å². The molecule has 1 saturated carbocycles. The molecule has 0 aromatic heterocycles. The molecule has 2 aliphatic rings. The van der Waals surface area contributed by atoms with Gasteiger partial charge in [-0.2, -0.15) is 0 Å². The molecule has 1 aliphatic carbocycles. The molecule has 0 bridgehead atoms. The Bertz CT molecular complexity index is 339. The highest BCUT2D eigenvalue weighted by molar-refractivity contribution is 7.89. The third-order valence-corrected chi connectivity index (χ3v) is 5.18. The normalized spacial score (nSPS) is 34.3. The monoisotopic (exact) mass is 262 g/mol. The fourth-order valence-electron chi connectivity index (χ4n) is 2.73. The van der Waals surface area contributed by atoms with E-state index in [-0.39, 0.29) is 23.9 Å². The van der Waals surface area contributed by atoms with Gasteiger partial charge in [0.1, 0.15) is 0 Å². The Balaban J connectivity index is 1.80. The minimum atomic E-state index is -3.15. The first-order chi connectivity index (χ1) is 8.09. The lowest BCUT2D eigenvalue weighted by Crippen LogP contribution is -2.40. The van der Waals surface area contributed by atoms with Crippen LogP contribution in [0.25, 0.3) is 0 Å². The lowest BCUT2D eigenvalue weighted by atomic mass is 10.3. The quantitative estimate of drug-likeness (QED) is 0.744. The molecule has 0 aromatic carbocycles. The van der Waals surface area contributed by atoms with Crippen LogP contribution in [0.3, 0.4) is 0 Å². The Morgan fingerprint density at radius 3 is 2.76 bits per heavy atom. The maximum atomic E-state index is 11.9. The number of hydrogen-bond acceptors (Lipinski definition) is 4. The molecule has 100 valence electrons. The SMILES string of the molecule is COC1CCC(NS(=O)(=O)CC2CCCN2)C1. The van der Waals surface area contributed by atoms with Crippen LogP contribution < -0.4 is 10.0 Å². The van der Waals surface area contributed by atoms with E-state index in [1.54, 1.807) is 7.11 Å². The molecule has 5 nitrogen and oxygen atoms in total. The van der Waals surface area contributed by atoms with Gasteiger partial charge in [0, 0.05) is 19.2 Å². The van der Waals surface area contributed by atoms with Crippen molar-refractivity contribution in [3.8, 4) is 0 Å². The van der Waals surface area contributed by atoms with Crippen LogP contribution in [-0.4, -0.2) is 46.0 Å². The van der Waals surface area contributed by atoms with Crippen molar-refractivity contribution in [3.63, 3.8) is 0 Å². The maximum absolute atomic E-state index is 11.9. The van der Waals surface area contributed by atoms with Crippen molar-refractivity contribution in [2.24, 2.45) is 0 Å². The second-order valence-corrected chi connectivity index (χ2v) is 6.86. The zero-order valence-corrected chi connectivity index (χ0v) is 11.1. The molecule has 0 aromatic rings. The Morgan fingerprint density at radius 2 is 2.18 bits per heavy atom. The van der Waals surface area contributed by atoms with Gasteiger partial charge in [0.2, 0.25) is 10.0 Å². The van der Waals surface area contributed by atoms with E-state index in [9.17, 15) is 8.42 Å². The second kappa shape index (κ2) is 5.65. The molecule has 1 heterocycles. The van der Waals surface area contributed by atoms with Crippen LogP contribution in [0.4, 0.5) is 0 Å². The van der Waals surface area contributed by atoms with Gasteiger partial charge in [-0.05, 0) is 38.6 Å². The summed E-state index contributed by atoms with van der Waals surface area (Å²) in [6, 6.07) is 0.193. The summed E-state index contributed by atoms with van der Waals surface area (Å²) in [5, 5.41) is 3.21. The van der Waals surface area contributed by atoms with Crippen LogP contribution in [0.15, 0.2) is 0 Å². The van der Waals surface area contributed by atoms with Crippen LogP contribution in [0.5, 0.6) is 0 Å². The highest BCUT2D eigenvalue weighted by Gasteiger charge is 2.29. The van der Waals surface area contributed by atoms with E-state index >= 15 is 0 Å². The minimum Gasteiger partial charge on any atom is -0.381 e. The van der Waals surface area contributed by atoms with E-state index in [1.165, 1.54) is 0 Å². The Labute approximate surface area is 103 Å². The molecule has 2 fully saturated rings. The zero-order valence-electron chi connectivity index (χ0n) is 10.3. The van der Waals surface area contributed by atoms with E-state index in [1.807, 2.05) is 0 Å². The summed E-state index contributed by atoms with van der Waals surface area (Å²) in [6.07, 6.45) is 4.89. The highest BCUT2D eigenvalue weighted by atomic mass is 32.2. The Hall–Kier alpha value is -0.170. The first-order valence-corrected chi connectivity index (χ1v) is 8.00. The van der Waals surface area contributed by atoms with Gasteiger partial charge in [-0.3, -0.25) is 0 Å². The molecular weight excluding hydrogens is 240 g/mol. The summed E-state index contributed by atoms with van der Waals surface area (Å²) < 4.78 is 31.9. The zero-order chi connectivity index (χ0) is 12.3. The smallest absolute Gasteiger partial charge is 0.213 e. The molecule has 1 saturated heterocycles. The minimum absolute atomic E-state index is 0.0614. The lowest BCUT2D eigenvalue weighted by Gasteiger charge is -2.16. The van der Waals surface area contributed by atoms with Crippen LogP contribution in [0.1, 0.15) is 32.1 Å². The number of nitrogens with one attached hydrogen (secondary N) is 2. The van der Waals surface area contributed by atoms with Crippen molar-refractivity contribution in [2.75, 3.05) is 19.4 Å². The Kier molecular flexibility index (Phi) is 4.41. The van der Waals surface area contributed by atoms with Crippen LogP contribution in [0, 0.1) is 0 Å². The van der Waals surface area contributed by atoms with E-state index in [0.717, 1.165) is 38.6 Å².